The minimum Gasteiger partial charge on any atom is -0.298 e. The maximum absolute atomic E-state index is 12.8. The summed E-state index contributed by atoms with van der Waals surface area (Å²) in [7, 11) is 0. The number of hydrogen-bond acceptors (Lipinski definition) is 6. The Hall–Kier alpha value is -2.38. The Balaban J connectivity index is 1.91. The molecule has 2 aliphatic rings. The van der Waals surface area contributed by atoms with Crippen molar-refractivity contribution < 1.29 is 4.79 Å². The quantitative estimate of drug-likeness (QED) is 0.845. The number of aryl methyl sites for hydroxylation is 1. The summed E-state index contributed by atoms with van der Waals surface area (Å²) in [5.41, 5.74) is 0.546. The Kier molecular flexibility index (Phi) is 4.19. The molecule has 0 aliphatic carbocycles. The summed E-state index contributed by atoms with van der Waals surface area (Å²) >= 11 is 3.12. The van der Waals surface area contributed by atoms with Crippen molar-refractivity contribution in [1.82, 2.24) is 10.3 Å². The SMILES string of the molecule is C=CCSC1=NN2C(=c3ccccc3=N[C@H]2c2ccc(C)s2)C(=O)N1. The van der Waals surface area contributed by atoms with E-state index in [1.807, 2.05) is 24.3 Å². The smallest absolute Gasteiger partial charge is 0.276 e. The van der Waals surface area contributed by atoms with Crippen LogP contribution in [0, 0.1) is 6.92 Å². The number of hydrogen-bond donors (Lipinski definition) is 1. The largest absolute Gasteiger partial charge is 0.298 e. The minimum absolute atomic E-state index is 0.151. The highest BCUT2D eigenvalue weighted by molar-refractivity contribution is 8.14. The average molecular weight is 368 g/mol. The molecule has 25 heavy (non-hydrogen) atoms. The van der Waals surface area contributed by atoms with Crippen molar-refractivity contribution in [3.8, 4) is 0 Å². The van der Waals surface area contributed by atoms with Crippen LogP contribution < -0.4 is 15.9 Å². The normalized spacial score (nSPS) is 18.7. The van der Waals surface area contributed by atoms with Crippen LogP contribution in [0.5, 0.6) is 0 Å². The molecule has 1 amide bonds. The van der Waals surface area contributed by atoms with Gasteiger partial charge in [-0.2, -0.15) is 0 Å². The molecule has 7 heteroatoms. The van der Waals surface area contributed by atoms with E-state index in [1.165, 1.54) is 16.6 Å². The van der Waals surface area contributed by atoms with E-state index >= 15 is 0 Å². The molecule has 1 atom stereocenters. The predicted molar refractivity (Wildman–Crippen MR) is 102 cm³/mol. The molecular formula is C18H16N4OS2. The molecule has 0 unspecified atom stereocenters. The van der Waals surface area contributed by atoms with Crippen LogP contribution in [0.15, 0.2) is 59.1 Å². The number of nitrogens with one attached hydrogen (secondary N) is 1. The molecule has 2 aliphatic heterocycles. The molecule has 0 fully saturated rings. The van der Waals surface area contributed by atoms with E-state index in [2.05, 4.69) is 36.1 Å². The van der Waals surface area contributed by atoms with Gasteiger partial charge in [-0.15, -0.1) is 23.0 Å². The molecule has 1 aromatic carbocycles. The Morgan fingerprint density at radius 1 is 1.36 bits per heavy atom. The minimum atomic E-state index is -0.325. The monoisotopic (exact) mass is 368 g/mol. The lowest BCUT2D eigenvalue weighted by atomic mass is 10.1. The third-order valence-electron chi connectivity index (χ3n) is 3.87. The number of carbonyl (C=O) groups is 1. The van der Waals surface area contributed by atoms with Crippen LogP contribution in [0.2, 0.25) is 0 Å². The number of fused-ring (bicyclic) bond motifs is 2. The maximum atomic E-state index is 12.8. The number of carbonyl (C=O) groups excluding carboxylic acids is 1. The van der Waals surface area contributed by atoms with Gasteiger partial charge in [0.1, 0.15) is 5.70 Å². The number of para-hydroxylation sites is 1. The van der Waals surface area contributed by atoms with E-state index in [0.717, 1.165) is 15.5 Å². The standard InChI is InChI=1S/C18H16N4OS2/c1-3-10-24-18-20-17(23)15-12-6-4-5-7-13(12)19-16(22(15)21-18)14-9-8-11(2)25-14/h3-9,16H,1,10H2,2H3,(H,20,21,23)/t16-/m1/s1. The number of rotatable bonds is 3. The van der Waals surface area contributed by atoms with Gasteiger partial charge in [-0.05, 0) is 25.1 Å². The van der Waals surface area contributed by atoms with Crippen LogP contribution >= 0.6 is 23.1 Å². The first kappa shape index (κ1) is 16.1. The number of benzene rings is 1. The number of thiophene rings is 1. The second kappa shape index (κ2) is 6.50. The van der Waals surface area contributed by atoms with Crippen molar-refractivity contribution in [2.24, 2.45) is 10.1 Å². The van der Waals surface area contributed by atoms with E-state index < -0.39 is 0 Å². The topological polar surface area (TPSA) is 57.1 Å². The Morgan fingerprint density at radius 2 is 2.20 bits per heavy atom. The molecule has 0 radical (unpaired) electrons. The van der Waals surface area contributed by atoms with Gasteiger partial charge in [-0.1, -0.05) is 36.0 Å². The molecule has 0 saturated carbocycles. The van der Waals surface area contributed by atoms with Crippen LogP contribution in [0.25, 0.3) is 5.70 Å². The van der Waals surface area contributed by atoms with Crippen molar-refractivity contribution in [3.05, 3.63) is 69.4 Å². The van der Waals surface area contributed by atoms with E-state index in [1.54, 1.807) is 22.4 Å². The summed E-state index contributed by atoms with van der Waals surface area (Å²) in [4.78, 5) is 19.9. The molecule has 126 valence electrons. The molecule has 2 aromatic rings. The zero-order valence-corrected chi connectivity index (χ0v) is 15.2. The van der Waals surface area contributed by atoms with Gasteiger partial charge in [0, 0.05) is 15.8 Å². The average Bonchev–Trinajstić information content (AvgIpc) is 3.05. The summed E-state index contributed by atoms with van der Waals surface area (Å²) in [6.07, 6.45) is 1.46. The van der Waals surface area contributed by atoms with Gasteiger partial charge >= 0.3 is 0 Å². The van der Waals surface area contributed by atoms with Gasteiger partial charge in [0.15, 0.2) is 11.3 Å². The van der Waals surface area contributed by atoms with E-state index in [9.17, 15) is 4.79 Å². The van der Waals surface area contributed by atoms with Gasteiger partial charge in [-0.3, -0.25) is 15.1 Å². The van der Waals surface area contributed by atoms with Crippen LogP contribution in [-0.2, 0) is 4.79 Å². The summed E-state index contributed by atoms with van der Waals surface area (Å²) in [6.45, 7) is 5.78. The summed E-state index contributed by atoms with van der Waals surface area (Å²) in [5, 5.41) is 11.5. The fourth-order valence-corrected chi connectivity index (χ4v) is 4.30. The molecule has 3 heterocycles. The summed E-state index contributed by atoms with van der Waals surface area (Å²) in [5.74, 6) is 0.529. The zero-order chi connectivity index (χ0) is 17.4. The molecular weight excluding hydrogens is 352 g/mol. The number of nitrogens with zero attached hydrogens (tertiary/aromatic N) is 3. The first-order valence-electron chi connectivity index (χ1n) is 7.84. The molecule has 1 N–H and O–H groups in total. The molecule has 0 spiro atoms. The molecule has 1 aromatic heterocycles. The molecule has 4 rings (SSSR count). The molecule has 5 nitrogen and oxygen atoms in total. The number of hydrazone groups is 1. The second-order valence-corrected chi connectivity index (χ2v) is 7.95. The van der Waals surface area contributed by atoms with Crippen molar-refractivity contribution in [1.29, 1.82) is 0 Å². The first-order valence-corrected chi connectivity index (χ1v) is 9.64. The Labute approximate surface area is 153 Å². The maximum Gasteiger partial charge on any atom is 0.276 e. The van der Waals surface area contributed by atoms with Crippen molar-refractivity contribution in [2.45, 2.75) is 13.1 Å². The van der Waals surface area contributed by atoms with E-state index in [-0.39, 0.29) is 12.1 Å². The summed E-state index contributed by atoms with van der Waals surface area (Å²) in [6, 6.07) is 11.8. The van der Waals surface area contributed by atoms with Gasteiger partial charge in [0.05, 0.1) is 10.2 Å². The van der Waals surface area contributed by atoms with Gasteiger partial charge in [-0.25, -0.2) is 5.01 Å². The number of amides is 1. The third-order valence-corrected chi connectivity index (χ3v) is 5.77. The van der Waals surface area contributed by atoms with Crippen LogP contribution in [0.3, 0.4) is 0 Å². The lowest BCUT2D eigenvalue weighted by Gasteiger charge is -2.33. The fourth-order valence-electron chi connectivity index (χ4n) is 2.81. The first-order chi connectivity index (χ1) is 12.2. The van der Waals surface area contributed by atoms with Crippen LogP contribution in [0.1, 0.15) is 15.9 Å². The highest BCUT2D eigenvalue weighted by atomic mass is 32.2. The lowest BCUT2D eigenvalue weighted by Crippen LogP contribution is -2.50. The third kappa shape index (κ3) is 2.89. The second-order valence-electron chi connectivity index (χ2n) is 5.62. The number of thioether (sulfide) groups is 1. The van der Waals surface area contributed by atoms with Gasteiger partial charge in [0.2, 0.25) is 0 Å². The van der Waals surface area contributed by atoms with Gasteiger partial charge < -0.3 is 0 Å². The lowest BCUT2D eigenvalue weighted by molar-refractivity contribution is -0.116. The van der Waals surface area contributed by atoms with Crippen molar-refractivity contribution >= 4 is 39.9 Å². The van der Waals surface area contributed by atoms with E-state index in [0.29, 0.717) is 16.6 Å². The van der Waals surface area contributed by atoms with Crippen molar-refractivity contribution in [3.63, 3.8) is 0 Å². The molecule has 0 bridgehead atoms. The van der Waals surface area contributed by atoms with Crippen molar-refractivity contribution in [2.75, 3.05) is 5.75 Å². The fraction of sp³-hybridized carbons (Fsp3) is 0.167. The van der Waals surface area contributed by atoms with Gasteiger partial charge in [0.25, 0.3) is 5.91 Å². The zero-order valence-electron chi connectivity index (χ0n) is 13.6. The Morgan fingerprint density at radius 3 is 2.96 bits per heavy atom. The highest BCUT2D eigenvalue weighted by Crippen LogP contribution is 2.34. The van der Waals surface area contributed by atoms with Crippen LogP contribution in [-0.4, -0.2) is 21.8 Å². The van der Waals surface area contributed by atoms with Crippen LogP contribution in [0.4, 0.5) is 0 Å². The molecule has 0 saturated heterocycles. The summed E-state index contributed by atoms with van der Waals surface area (Å²) < 4.78 is 0. The predicted octanol–water partition coefficient (Wildman–Crippen LogP) is 2.12. The Bertz CT molecular complexity index is 1010. The highest BCUT2D eigenvalue weighted by Gasteiger charge is 2.34. The number of amidine groups is 1. The van der Waals surface area contributed by atoms with E-state index in [4.69, 9.17) is 4.99 Å².